The summed E-state index contributed by atoms with van der Waals surface area (Å²) in [5, 5.41) is 3.23. The molecule has 0 amide bonds. The van der Waals surface area contributed by atoms with Crippen molar-refractivity contribution < 1.29 is 12.8 Å². The summed E-state index contributed by atoms with van der Waals surface area (Å²) in [6.07, 6.45) is 0.461. The molecule has 0 fully saturated rings. The van der Waals surface area contributed by atoms with Gasteiger partial charge in [-0.3, -0.25) is 0 Å². The molecule has 21 heavy (non-hydrogen) atoms. The molecule has 0 bridgehead atoms. The van der Waals surface area contributed by atoms with E-state index in [1.54, 1.807) is 24.3 Å². The molecule has 1 aliphatic rings. The number of benzene rings is 2. The topological polar surface area (TPSA) is 46.2 Å². The van der Waals surface area contributed by atoms with Crippen LogP contribution in [0.15, 0.2) is 51.8 Å². The third-order valence-electron chi connectivity index (χ3n) is 3.56. The highest BCUT2D eigenvalue weighted by atomic mass is 79.9. The largest absolute Gasteiger partial charge is 0.377 e. The Morgan fingerprint density at radius 3 is 2.76 bits per heavy atom. The standard InChI is InChI=1S/C15H13BrFNO2S/c16-12-6-5-10(17)9-14(12)18-13-7-8-21(19,20)15-4-2-1-3-11(13)15/h1-6,9,13,18H,7-8H2. The van der Waals surface area contributed by atoms with Crippen LogP contribution in [-0.2, 0) is 9.84 Å². The Morgan fingerprint density at radius 1 is 1.19 bits per heavy atom. The van der Waals surface area contributed by atoms with E-state index >= 15 is 0 Å². The van der Waals surface area contributed by atoms with Crippen LogP contribution in [0.1, 0.15) is 18.0 Å². The Morgan fingerprint density at radius 2 is 1.95 bits per heavy atom. The maximum atomic E-state index is 13.4. The van der Waals surface area contributed by atoms with Gasteiger partial charge >= 0.3 is 0 Å². The van der Waals surface area contributed by atoms with Crippen molar-refractivity contribution in [3.8, 4) is 0 Å². The minimum absolute atomic E-state index is 0.0919. The molecule has 6 heteroatoms. The molecule has 0 aliphatic carbocycles. The van der Waals surface area contributed by atoms with Crippen LogP contribution in [0.5, 0.6) is 0 Å². The Balaban J connectivity index is 1.99. The fourth-order valence-electron chi connectivity index (χ4n) is 2.54. The number of rotatable bonds is 2. The predicted molar refractivity (Wildman–Crippen MR) is 83.6 cm³/mol. The highest BCUT2D eigenvalue weighted by Crippen LogP contribution is 2.36. The summed E-state index contributed by atoms with van der Waals surface area (Å²) in [6.45, 7) is 0. The van der Waals surface area contributed by atoms with Gasteiger partial charge in [-0.25, -0.2) is 12.8 Å². The maximum absolute atomic E-state index is 13.4. The second kappa shape index (κ2) is 5.42. The summed E-state index contributed by atoms with van der Waals surface area (Å²) in [6, 6.07) is 11.2. The quantitative estimate of drug-likeness (QED) is 0.872. The summed E-state index contributed by atoms with van der Waals surface area (Å²) < 4.78 is 38.3. The molecule has 0 saturated carbocycles. The molecule has 0 spiro atoms. The first-order valence-electron chi connectivity index (χ1n) is 6.51. The highest BCUT2D eigenvalue weighted by Gasteiger charge is 2.30. The van der Waals surface area contributed by atoms with Crippen molar-refractivity contribution in [2.75, 3.05) is 11.1 Å². The minimum atomic E-state index is -3.21. The van der Waals surface area contributed by atoms with Crippen LogP contribution < -0.4 is 5.32 Å². The zero-order valence-electron chi connectivity index (χ0n) is 11.0. The maximum Gasteiger partial charge on any atom is 0.178 e. The van der Waals surface area contributed by atoms with Gasteiger partial charge in [0.1, 0.15) is 5.82 Å². The smallest absolute Gasteiger partial charge is 0.178 e. The average molecular weight is 370 g/mol. The van der Waals surface area contributed by atoms with Crippen LogP contribution in [-0.4, -0.2) is 14.2 Å². The van der Waals surface area contributed by atoms with Gasteiger partial charge in [0.05, 0.1) is 22.4 Å². The van der Waals surface area contributed by atoms with E-state index in [4.69, 9.17) is 0 Å². The summed E-state index contributed by atoms with van der Waals surface area (Å²) in [4.78, 5) is 0.362. The number of sulfone groups is 1. The number of hydrogen-bond donors (Lipinski definition) is 1. The number of fused-ring (bicyclic) bond motifs is 1. The molecule has 3 nitrogen and oxygen atoms in total. The van der Waals surface area contributed by atoms with Crippen molar-refractivity contribution in [3.05, 3.63) is 58.3 Å². The van der Waals surface area contributed by atoms with Crippen LogP contribution in [0.3, 0.4) is 0 Å². The van der Waals surface area contributed by atoms with E-state index in [9.17, 15) is 12.8 Å². The van der Waals surface area contributed by atoms with Crippen LogP contribution in [0.25, 0.3) is 0 Å². The van der Waals surface area contributed by atoms with Gasteiger partial charge in [0.2, 0.25) is 0 Å². The first-order valence-corrected chi connectivity index (χ1v) is 8.95. The van der Waals surface area contributed by atoms with E-state index in [0.29, 0.717) is 17.0 Å². The molecular weight excluding hydrogens is 357 g/mol. The van der Waals surface area contributed by atoms with E-state index in [1.807, 2.05) is 6.07 Å². The zero-order valence-corrected chi connectivity index (χ0v) is 13.4. The molecular formula is C15H13BrFNO2S. The minimum Gasteiger partial charge on any atom is -0.377 e. The third-order valence-corrected chi connectivity index (χ3v) is 6.07. The zero-order chi connectivity index (χ0) is 15.0. The normalized spacial score (nSPS) is 19.8. The molecule has 0 aromatic heterocycles. The van der Waals surface area contributed by atoms with Crippen LogP contribution in [0.4, 0.5) is 10.1 Å². The summed E-state index contributed by atoms with van der Waals surface area (Å²) >= 11 is 3.37. The van der Waals surface area contributed by atoms with E-state index in [1.165, 1.54) is 12.1 Å². The Bertz CT molecular complexity index is 792. The molecule has 1 unspecified atom stereocenters. The Kier molecular flexibility index (Phi) is 3.75. The van der Waals surface area contributed by atoms with Gasteiger partial charge in [-0.05, 0) is 52.2 Å². The molecule has 1 atom stereocenters. The summed E-state index contributed by atoms with van der Waals surface area (Å²) in [7, 11) is -3.21. The number of anilines is 1. The van der Waals surface area contributed by atoms with Crippen molar-refractivity contribution in [1.82, 2.24) is 0 Å². The Labute approximate surface area is 131 Å². The summed E-state index contributed by atoms with van der Waals surface area (Å²) in [5.41, 5.74) is 1.36. The second-order valence-electron chi connectivity index (χ2n) is 4.97. The van der Waals surface area contributed by atoms with Crippen LogP contribution in [0, 0.1) is 5.82 Å². The molecule has 0 radical (unpaired) electrons. The monoisotopic (exact) mass is 369 g/mol. The van der Waals surface area contributed by atoms with Crippen molar-refractivity contribution in [3.63, 3.8) is 0 Å². The van der Waals surface area contributed by atoms with Gasteiger partial charge < -0.3 is 5.32 Å². The van der Waals surface area contributed by atoms with Crippen molar-refractivity contribution >= 4 is 31.5 Å². The SMILES string of the molecule is O=S1(=O)CCC(Nc2cc(F)ccc2Br)c2ccccc21. The lowest BCUT2D eigenvalue weighted by Gasteiger charge is -2.27. The van der Waals surface area contributed by atoms with Crippen molar-refractivity contribution in [2.45, 2.75) is 17.4 Å². The lowest BCUT2D eigenvalue weighted by atomic mass is 10.0. The lowest BCUT2D eigenvalue weighted by molar-refractivity contribution is 0.575. The van der Waals surface area contributed by atoms with Gasteiger partial charge in [0.25, 0.3) is 0 Å². The molecule has 110 valence electrons. The number of nitrogens with one attached hydrogen (secondary N) is 1. The molecule has 1 aliphatic heterocycles. The third kappa shape index (κ3) is 2.82. The fraction of sp³-hybridized carbons (Fsp3) is 0.200. The molecule has 1 heterocycles. The second-order valence-corrected chi connectivity index (χ2v) is 7.90. The van der Waals surface area contributed by atoms with Gasteiger partial charge in [-0.1, -0.05) is 18.2 Å². The molecule has 0 saturated heterocycles. The highest BCUT2D eigenvalue weighted by molar-refractivity contribution is 9.10. The molecule has 1 N–H and O–H groups in total. The molecule has 2 aromatic rings. The Hall–Kier alpha value is -1.40. The van der Waals surface area contributed by atoms with E-state index in [-0.39, 0.29) is 17.6 Å². The molecule has 3 rings (SSSR count). The van der Waals surface area contributed by atoms with Crippen molar-refractivity contribution in [1.29, 1.82) is 0 Å². The van der Waals surface area contributed by atoms with Crippen molar-refractivity contribution in [2.24, 2.45) is 0 Å². The van der Waals surface area contributed by atoms with Gasteiger partial charge in [0.15, 0.2) is 9.84 Å². The predicted octanol–water partition coefficient (Wildman–Crippen LogP) is 3.92. The first kappa shape index (κ1) is 14.5. The van der Waals surface area contributed by atoms with Gasteiger partial charge in [-0.15, -0.1) is 0 Å². The van der Waals surface area contributed by atoms with E-state index in [0.717, 1.165) is 10.0 Å². The first-order chi connectivity index (χ1) is 9.97. The van der Waals surface area contributed by atoms with E-state index in [2.05, 4.69) is 21.2 Å². The van der Waals surface area contributed by atoms with Gasteiger partial charge in [0, 0.05) is 4.47 Å². The fourth-order valence-corrected chi connectivity index (χ4v) is 4.52. The average Bonchev–Trinajstić information content (AvgIpc) is 2.46. The van der Waals surface area contributed by atoms with Crippen LogP contribution in [0.2, 0.25) is 0 Å². The number of hydrogen-bond acceptors (Lipinski definition) is 3. The number of halogens is 2. The van der Waals surface area contributed by atoms with Gasteiger partial charge in [-0.2, -0.15) is 0 Å². The molecule has 2 aromatic carbocycles. The van der Waals surface area contributed by atoms with E-state index < -0.39 is 9.84 Å². The summed E-state index contributed by atoms with van der Waals surface area (Å²) in [5.74, 6) is -0.244. The van der Waals surface area contributed by atoms with Crippen LogP contribution >= 0.6 is 15.9 Å². The lowest BCUT2D eigenvalue weighted by Crippen LogP contribution is -2.24.